The van der Waals surface area contributed by atoms with Gasteiger partial charge in [0.25, 0.3) is 0 Å². The van der Waals surface area contributed by atoms with E-state index in [2.05, 4.69) is 5.32 Å². The Morgan fingerprint density at radius 1 is 1.23 bits per heavy atom. The van der Waals surface area contributed by atoms with E-state index in [4.69, 9.17) is 15.6 Å². The van der Waals surface area contributed by atoms with E-state index in [0.717, 1.165) is 5.56 Å². The molecule has 0 aliphatic heterocycles. The summed E-state index contributed by atoms with van der Waals surface area (Å²) in [6.45, 7) is 2.09. The van der Waals surface area contributed by atoms with Gasteiger partial charge in [-0.3, -0.25) is 9.59 Å². The van der Waals surface area contributed by atoms with Crippen LogP contribution in [0.5, 0.6) is 5.75 Å². The first-order chi connectivity index (χ1) is 10.4. The SMILES string of the molecule is Cc1ccc(OCCC(=O)NC(CCC(N)=O)C(=O)O)cc1. The van der Waals surface area contributed by atoms with Gasteiger partial charge in [-0.05, 0) is 25.5 Å². The number of primary amides is 1. The van der Waals surface area contributed by atoms with Crippen LogP contribution in [-0.4, -0.2) is 35.5 Å². The highest BCUT2D eigenvalue weighted by Gasteiger charge is 2.20. The molecule has 7 heteroatoms. The van der Waals surface area contributed by atoms with Crippen LogP contribution in [0.15, 0.2) is 24.3 Å². The average molecular weight is 308 g/mol. The van der Waals surface area contributed by atoms with Gasteiger partial charge in [-0.15, -0.1) is 0 Å². The summed E-state index contributed by atoms with van der Waals surface area (Å²) in [5.74, 6) is -1.62. The Balaban J connectivity index is 2.35. The largest absolute Gasteiger partial charge is 0.493 e. The van der Waals surface area contributed by atoms with Gasteiger partial charge in [0.15, 0.2) is 0 Å². The zero-order valence-electron chi connectivity index (χ0n) is 12.4. The van der Waals surface area contributed by atoms with E-state index in [9.17, 15) is 14.4 Å². The molecule has 0 fully saturated rings. The Morgan fingerprint density at radius 3 is 2.41 bits per heavy atom. The van der Waals surface area contributed by atoms with E-state index < -0.39 is 23.8 Å². The van der Waals surface area contributed by atoms with Gasteiger partial charge in [0, 0.05) is 6.42 Å². The summed E-state index contributed by atoms with van der Waals surface area (Å²) in [7, 11) is 0. The summed E-state index contributed by atoms with van der Waals surface area (Å²) >= 11 is 0. The summed E-state index contributed by atoms with van der Waals surface area (Å²) < 4.78 is 5.39. The Morgan fingerprint density at radius 2 is 1.86 bits per heavy atom. The molecular formula is C15H20N2O5. The zero-order chi connectivity index (χ0) is 16.5. The van der Waals surface area contributed by atoms with Crippen LogP contribution in [0.2, 0.25) is 0 Å². The fourth-order valence-corrected chi connectivity index (χ4v) is 1.71. The van der Waals surface area contributed by atoms with E-state index in [1.165, 1.54) is 0 Å². The van der Waals surface area contributed by atoms with Gasteiger partial charge in [-0.1, -0.05) is 17.7 Å². The number of hydrogen-bond donors (Lipinski definition) is 3. The van der Waals surface area contributed by atoms with Crippen LogP contribution < -0.4 is 15.8 Å². The lowest BCUT2D eigenvalue weighted by Gasteiger charge is -2.14. The summed E-state index contributed by atoms with van der Waals surface area (Å²) in [6, 6.07) is 6.24. The number of benzene rings is 1. The van der Waals surface area contributed by atoms with E-state index in [0.29, 0.717) is 5.75 Å². The number of carbonyl (C=O) groups is 3. The van der Waals surface area contributed by atoms with Crippen molar-refractivity contribution >= 4 is 17.8 Å². The Labute approximate surface area is 128 Å². The van der Waals surface area contributed by atoms with Crippen LogP contribution in [0.4, 0.5) is 0 Å². The Kier molecular flexibility index (Phi) is 6.88. The zero-order valence-corrected chi connectivity index (χ0v) is 12.4. The number of rotatable bonds is 9. The minimum atomic E-state index is -1.20. The number of carbonyl (C=O) groups excluding carboxylic acids is 2. The van der Waals surface area contributed by atoms with E-state index in [1.54, 1.807) is 12.1 Å². The molecule has 0 aliphatic rings. The smallest absolute Gasteiger partial charge is 0.326 e. The van der Waals surface area contributed by atoms with Gasteiger partial charge in [0.05, 0.1) is 13.0 Å². The maximum Gasteiger partial charge on any atom is 0.326 e. The Bertz CT molecular complexity index is 527. The van der Waals surface area contributed by atoms with Crippen molar-refractivity contribution in [3.63, 3.8) is 0 Å². The predicted molar refractivity (Wildman–Crippen MR) is 79.3 cm³/mol. The summed E-state index contributed by atoms with van der Waals surface area (Å²) in [5, 5.41) is 11.3. The second-order valence-electron chi connectivity index (χ2n) is 4.87. The number of aryl methyl sites for hydroxylation is 1. The second-order valence-corrected chi connectivity index (χ2v) is 4.87. The van der Waals surface area contributed by atoms with E-state index in [-0.39, 0.29) is 25.9 Å². The number of carboxylic acid groups (broad SMARTS) is 1. The summed E-state index contributed by atoms with van der Waals surface area (Å²) in [5.41, 5.74) is 6.06. The highest BCUT2D eigenvalue weighted by molar-refractivity contribution is 5.84. The highest BCUT2D eigenvalue weighted by atomic mass is 16.5. The maximum absolute atomic E-state index is 11.7. The Hall–Kier alpha value is -2.57. The first-order valence-corrected chi connectivity index (χ1v) is 6.88. The first-order valence-electron chi connectivity index (χ1n) is 6.88. The lowest BCUT2D eigenvalue weighted by molar-refractivity contribution is -0.142. The molecule has 120 valence electrons. The molecule has 2 amide bonds. The minimum absolute atomic E-state index is 0.0221. The van der Waals surface area contributed by atoms with Crippen LogP contribution in [0.3, 0.4) is 0 Å². The van der Waals surface area contributed by atoms with Crippen molar-refractivity contribution < 1.29 is 24.2 Å². The van der Waals surface area contributed by atoms with Crippen LogP contribution in [-0.2, 0) is 14.4 Å². The van der Waals surface area contributed by atoms with Crippen LogP contribution in [0, 0.1) is 6.92 Å². The van der Waals surface area contributed by atoms with Crippen LogP contribution >= 0.6 is 0 Å². The normalized spacial score (nSPS) is 11.5. The molecule has 0 bridgehead atoms. The molecule has 0 spiro atoms. The van der Waals surface area contributed by atoms with Crippen LogP contribution in [0.25, 0.3) is 0 Å². The van der Waals surface area contributed by atoms with Crippen molar-refractivity contribution in [3.8, 4) is 5.75 Å². The molecule has 0 aromatic heterocycles. The van der Waals surface area contributed by atoms with Crippen molar-refractivity contribution in [2.45, 2.75) is 32.2 Å². The number of ether oxygens (including phenoxy) is 1. The lowest BCUT2D eigenvalue weighted by atomic mass is 10.1. The van der Waals surface area contributed by atoms with Crippen molar-refractivity contribution in [1.82, 2.24) is 5.32 Å². The molecule has 0 aliphatic carbocycles. The predicted octanol–water partition coefficient (Wildman–Crippen LogP) is 0.599. The number of carboxylic acids is 1. The van der Waals surface area contributed by atoms with Crippen molar-refractivity contribution in [2.24, 2.45) is 5.73 Å². The second kappa shape index (κ2) is 8.66. The first kappa shape index (κ1) is 17.5. The molecule has 1 atom stereocenters. The van der Waals surface area contributed by atoms with E-state index in [1.807, 2.05) is 19.1 Å². The summed E-state index contributed by atoms with van der Waals surface area (Å²) in [4.78, 5) is 33.3. The highest BCUT2D eigenvalue weighted by Crippen LogP contribution is 2.11. The van der Waals surface area contributed by atoms with Crippen LogP contribution in [0.1, 0.15) is 24.8 Å². The molecule has 0 heterocycles. The number of nitrogens with one attached hydrogen (secondary N) is 1. The monoisotopic (exact) mass is 308 g/mol. The molecular weight excluding hydrogens is 288 g/mol. The molecule has 0 saturated heterocycles. The number of aliphatic carboxylic acids is 1. The standard InChI is InChI=1S/C15H20N2O5/c1-10-2-4-11(5-3-10)22-9-8-14(19)17-12(15(20)21)6-7-13(16)18/h2-5,12H,6-9H2,1H3,(H2,16,18)(H,17,19)(H,20,21). The van der Waals surface area contributed by atoms with Gasteiger partial charge in [-0.2, -0.15) is 0 Å². The minimum Gasteiger partial charge on any atom is -0.493 e. The molecule has 22 heavy (non-hydrogen) atoms. The number of amides is 2. The van der Waals surface area contributed by atoms with Crippen molar-refractivity contribution in [3.05, 3.63) is 29.8 Å². The fourth-order valence-electron chi connectivity index (χ4n) is 1.71. The number of nitrogens with two attached hydrogens (primary N) is 1. The van der Waals surface area contributed by atoms with Gasteiger partial charge in [0.2, 0.25) is 11.8 Å². The fraction of sp³-hybridized carbons (Fsp3) is 0.400. The third kappa shape index (κ3) is 6.74. The third-order valence-electron chi connectivity index (χ3n) is 2.93. The topological polar surface area (TPSA) is 119 Å². The number of hydrogen-bond acceptors (Lipinski definition) is 4. The third-order valence-corrected chi connectivity index (χ3v) is 2.93. The van der Waals surface area contributed by atoms with Gasteiger partial charge in [0.1, 0.15) is 11.8 Å². The van der Waals surface area contributed by atoms with Gasteiger partial charge >= 0.3 is 5.97 Å². The maximum atomic E-state index is 11.7. The molecule has 0 radical (unpaired) electrons. The molecule has 1 unspecified atom stereocenters. The van der Waals surface area contributed by atoms with Gasteiger partial charge in [-0.25, -0.2) is 4.79 Å². The molecule has 1 rings (SSSR count). The molecule has 7 nitrogen and oxygen atoms in total. The van der Waals surface area contributed by atoms with E-state index >= 15 is 0 Å². The lowest BCUT2D eigenvalue weighted by Crippen LogP contribution is -2.41. The molecule has 1 aromatic carbocycles. The van der Waals surface area contributed by atoms with Crippen molar-refractivity contribution in [2.75, 3.05) is 6.61 Å². The van der Waals surface area contributed by atoms with Crippen molar-refractivity contribution in [1.29, 1.82) is 0 Å². The molecule has 4 N–H and O–H groups in total. The average Bonchev–Trinajstić information content (AvgIpc) is 2.45. The molecule has 0 saturated carbocycles. The summed E-state index contributed by atoms with van der Waals surface area (Å²) in [6.07, 6.45) is -0.111. The quantitative estimate of drug-likeness (QED) is 0.617. The van der Waals surface area contributed by atoms with Gasteiger partial charge < -0.3 is 20.9 Å². The molecule has 1 aromatic rings.